The first-order chi connectivity index (χ1) is 15.7. The van der Waals surface area contributed by atoms with Crippen LogP contribution in [0.4, 0.5) is 5.69 Å². The van der Waals surface area contributed by atoms with Crippen molar-refractivity contribution in [3.8, 4) is 5.75 Å². The van der Waals surface area contributed by atoms with Crippen LogP contribution in [0.3, 0.4) is 0 Å². The molecule has 0 bridgehead atoms. The van der Waals surface area contributed by atoms with Crippen molar-refractivity contribution < 1.29 is 22.7 Å². The third-order valence-electron chi connectivity index (χ3n) is 4.96. The molecule has 1 N–H and O–H groups in total. The number of sulfonamides is 1. The lowest BCUT2D eigenvalue weighted by Gasteiger charge is -2.33. The summed E-state index contributed by atoms with van der Waals surface area (Å²) >= 11 is 6.19. The molecule has 0 saturated carbocycles. The summed E-state index contributed by atoms with van der Waals surface area (Å²) in [5.41, 5.74) is 0.531. The van der Waals surface area contributed by atoms with E-state index in [1.807, 2.05) is 51.1 Å². The van der Waals surface area contributed by atoms with Gasteiger partial charge >= 0.3 is 0 Å². The van der Waals surface area contributed by atoms with Gasteiger partial charge in [-0.2, -0.15) is 0 Å². The molecule has 0 aromatic heterocycles. The lowest BCUT2D eigenvalue weighted by molar-refractivity contribution is -0.140. The van der Waals surface area contributed by atoms with Crippen LogP contribution in [-0.2, 0) is 26.2 Å². The second-order valence-corrected chi connectivity index (χ2v) is 11.3. The van der Waals surface area contributed by atoms with Gasteiger partial charge in [0.1, 0.15) is 18.3 Å². The predicted octanol–water partition coefficient (Wildman–Crippen LogP) is 3.45. The zero-order valence-corrected chi connectivity index (χ0v) is 21.9. The molecule has 0 saturated heterocycles. The van der Waals surface area contributed by atoms with Crippen LogP contribution in [0.5, 0.6) is 5.75 Å². The standard InChI is InChI=1S/C24H32ClN3O5S/c1-17(23(30)26-24(2,3)4)27(15-18-10-8-7-9-11-18)22(29)16-28(34(6,31)32)19-12-13-21(33-5)20(25)14-19/h7-14,17H,15-16H2,1-6H3,(H,26,30)/t17-/m1/s1. The third-order valence-corrected chi connectivity index (χ3v) is 6.40. The predicted molar refractivity (Wildman–Crippen MR) is 135 cm³/mol. The first-order valence-electron chi connectivity index (χ1n) is 10.7. The highest BCUT2D eigenvalue weighted by Crippen LogP contribution is 2.30. The maximum Gasteiger partial charge on any atom is 0.244 e. The maximum atomic E-state index is 13.5. The number of carbonyl (C=O) groups excluding carboxylic acids is 2. The number of hydrogen-bond donors (Lipinski definition) is 1. The maximum absolute atomic E-state index is 13.5. The molecule has 0 radical (unpaired) electrons. The second kappa shape index (κ2) is 11.1. The van der Waals surface area contributed by atoms with Crippen molar-refractivity contribution >= 4 is 39.1 Å². The molecule has 1 atom stereocenters. The number of ether oxygens (including phenoxy) is 1. The molecule has 2 amide bonds. The smallest absolute Gasteiger partial charge is 0.244 e. The van der Waals surface area contributed by atoms with Gasteiger partial charge in [0.25, 0.3) is 0 Å². The summed E-state index contributed by atoms with van der Waals surface area (Å²) in [5.74, 6) is -0.490. The molecular weight excluding hydrogens is 478 g/mol. The average Bonchev–Trinajstić information content (AvgIpc) is 2.73. The Morgan fingerprint density at radius 2 is 1.74 bits per heavy atom. The normalized spacial score (nSPS) is 12.6. The number of nitrogens with zero attached hydrogens (tertiary/aromatic N) is 2. The number of hydrogen-bond acceptors (Lipinski definition) is 5. The molecule has 2 aromatic carbocycles. The molecule has 10 heteroatoms. The fraction of sp³-hybridized carbons (Fsp3) is 0.417. The lowest BCUT2D eigenvalue weighted by atomic mass is 10.1. The number of anilines is 1. The van der Waals surface area contributed by atoms with Crippen LogP contribution in [0.1, 0.15) is 33.3 Å². The van der Waals surface area contributed by atoms with Crippen LogP contribution in [0.25, 0.3) is 0 Å². The van der Waals surface area contributed by atoms with Gasteiger partial charge in [0, 0.05) is 12.1 Å². The van der Waals surface area contributed by atoms with Crippen molar-refractivity contribution in [2.24, 2.45) is 0 Å². The van der Waals surface area contributed by atoms with Crippen LogP contribution in [-0.4, -0.2) is 56.6 Å². The van der Waals surface area contributed by atoms with Crippen LogP contribution in [0.15, 0.2) is 48.5 Å². The van der Waals surface area contributed by atoms with Crippen molar-refractivity contribution in [2.75, 3.05) is 24.2 Å². The van der Waals surface area contributed by atoms with Crippen molar-refractivity contribution in [2.45, 2.75) is 45.8 Å². The van der Waals surface area contributed by atoms with Gasteiger partial charge < -0.3 is 15.0 Å². The second-order valence-electron chi connectivity index (χ2n) is 9.01. The highest BCUT2D eigenvalue weighted by atomic mass is 35.5. The van der Waals surface area contributed by atoms with Crippen LogP contribution in [0, 0.1) is 0 Å². The molecule has 0 aliphatic heterocycles. The largest absolute Gasteiger partial charge is 0.495 e. The first kappa shape index (κ1) is 27.5. The SMILES string of the molecule is COc1ccc(N(CC(=O)N(Cc2ccccc2)[C@H](C)C(=O)NC(C)(C)C)S(C)(=O)=O)cc1Cl. The monoisotopic (exact) mass is 509 g/mol. The van der Waals surface area contributed by atoms with Gasteiger partial charge in [-0.3, -0.25) is 13.9 Å². The minimum Gasteiger partial charge on any atom is -0.495 e. The van der Waals surface area contributed by atoms with Gasteiger partial charge in [0.2, 0.25) is 21.8 Å². The van der Waals surface area contributed by atoms with Crippen LogP contribution >= 0.6 is 11.6 Å². The van der Waals surface area contributed by atoms with Gasteiger partial charge in [-0.15, -0.1) is 0 Å². The summed E-state index contributed by atoms with van der Waals surface area (Å²) in [6, 6.07) is 12.8. The Bertz CT molecular complexity index is 1120. The van der Waals surface area contributed by atoms with Gasteiger partial charge in [-0.1, -0.05) is 41.9 Å². The molecule has 0 spiro atoms. The van der Waals surface area contributed by atoms with E-state index in [0.29, 0.717) is 5.75 Å². The number of nitrogens with one attached hydrogen (secondary N) is 1. The topological polar surface area (TPSA) is 96.0 Å². The van der Waals surface area contributed by atoms with E-state index in [9.17, 15) is 18.0 Å². The van der Waals surface area contributed by atoms with Crippen molar-refractivity contribution in [1.29, 1.82) is 0 Å². The van der Waals surface area contributed by atoms with Crippen LogP contribution in [0.2, 0.25) is 5.02 Å². The Hall–Kier alpha value is -2.78. The van der Waals surface area contributed by atoms with Gasteiger partial charge in [0.05, 0.1) is 24.1 Å². The number of benzene rings is 2. The van der Waals surface area contributed by atoms with E-state index in [0.717, 1.165) is 16.1 Å². The molecule has 0 aliphatic carbocycles. The summed E-state index contributed by atoms with van der Waals surface area (Å²) in [6.07, 6.45) is 1.01. The first-order valence-corrected chi connectivity index (χ1v) is 12.9. The van der Waals surface area contributed by atoms with Gasteiger partial charge in [-0.25, -0.2) is 8.42 Å². The molecule has 8 nitrogen and oxygen atoms in total. The van der Waals surface area contributed by atoms with E-state index in [4.69, 9.17) is 16.3 Å². The molecule has 2 aromatic rings. The van der Waals surface area contributed by atoms with E-state index in [2.05, 4.69) is 5.32 Å². The summed E-state index contributed by atoms with van der Waals surface area (Å²) in [6.45, 7) is 6.80. The summed E-state index contributed by atoms with van der Waals surface area (Å²) in [5, 5.41) is 3.09. The van der Waals surface area contributed by atoms with E-state index in [-0.39, 0.29) is 23.2 Å². The van der Waals surface area contributed by atoms with E-state index in [1.165, 1.54) is 30.2 Å². The van der Waals surface area contributed by atoms with E-state index < -0.39 is 34.1 Å². The highest BCUT2D eigenvalue weighted by molar-refractivity contribution is 7.92. The zero-order chi connectivity index (χ0) is 25.7. The Morgan fingerprint density at radius 1 is 1.12 bits per heavy atom. The number of amides is 2. The van der Waals surface area contributed by atoms with Crippen molar-refractivity contribution in [3.63, 3.8) is 0 Å². The van der Waals surface area contributed by atoms with Crippen molar-refractivity contribution in [1.82, 2.24) is 10.2 Å². The Labute approximate surface area is 206 Å². The quantitative estimate of drug-likeness (QED) is 0.558. The molecule has 186 valence electrons. The minimum absolute atomic E-state index is 0.138. The minimum atomic E-state index is -3.84. The lowest BCUT2D eigenvalue weighted by Crippen LogP contribution is -2.54. The third kappa shape index (κ3) is 7.63. The highest BCUT2D eigenvalue weighted by Gasteiger charge is 2.31. The fourth-order valence-corrected chi connectivity index (χ4v) is 4.35. The van der Waals surface area contributed by atoms with Gasteiger partial charge in [0.15, 0.2) is 0 Å². The Morgan fingerprint density at radius 3 is 2.24 bits per heavy atom. The van der Waals surface area contributed by atoms with Crippen molar-refractivity contribution in [3.05, 3.63) is 59.1 Å². The van der Waals surface area contributed by atoms with Crippen LogP contribution < -0.4 is 14.4 Å². The Kier molecular flexibility index (Phi) is 8.96. The molecular formula is C24H32ClN3O5S. The fourth-order valence-electron chi connectivity index (χ4n) is 3.26. The number of methoxy groups -OCH3 is 1. The Balaban J connectivity index is 2.40. The average molecular weight is 510 g/mol. The zero-order valence-electron chi connectivity index (χ0n) is 20.3. The summed E-state index contributed by atoms with van der Waals surface area (Å²) in [4.78, 5) is 27.7. The van der Waals surface area contributed by atoms with Gasteiger partial charge in [-0.05, 0) is 51.5 Å². The molecule has 0 aliphatic rings. The number of rotatable bonds is 9. The molecule has 2 rings (SSSR count). The molecule has 0 unspecified atom stereocenters. The molecule has 34 heavy (non-hydrogen) atoms. The molecule has 0 fully saturated rings. The number of carbonyl (C=O) groups is 2. The summed E-state index contributed by atoms with van der Waals surface area (Å²) in [7, 11) is -2.40. The summed E-state index contributed by atoms with van der Waals surface area (Å²) < 4.78 is 31.3. The molecule has 0 heterocycles. The number of halogens is 1. The van der Waals surface area contributed by atoms with E-state index in [1.54, 1.807) is 6.92 Å². The van der Waals surface area contributed by atoms with E-state index >= 15 is 0 Å².